The minimum absolute atomic E-state index is 0.137. The Morgan fingerprint density at radius 1 is 1.46 bits per heavy atom. The van der Waals surface area contributed by atoms with Crippen LogP contribution >= 0.6 is 0 Å². The lowest BCUT2D eigenvalue weighted by molar-refractivity contribution is -0.944. The Morgan fingerprint density at radius 2 is 2.27 bits per heavy atom. The van der Waals surface area contributed by atoms with E-state index in [4.69, 9.17) is 9.47 Å². The number of rotatable bonds is 3. The van der Waals surface area contributed by atoms with Crippen LogP contribution in [0.5, 0.6) is 11.5 Å². The van der Waals surface area contributed by atoms with E-state index in [2.05, 4.69) is 13.6 Å². The molecule has 2 fully saturated rings. The molecule has 138 valence electrons. The van der Waals surface area contributed by atoms with Crippen molar-refractivity contribution in [1.29, 1.82) is 0 Å². The summed E-state index contributed by atoms with van der Waals surface area (Å²) in [6.45, 7) is 5.81. The molecule has 0 amide bonds. The van der Waals surface area contributed by atoms with E-state index in [0.29, 0.717) is 18.6 Å². The van der Waals surface area contributed by atoms with Gasteiger partial charge < -0.3 is 19.1 Å². The van der Waals surface area contributed by atoms with Crippen LogP contribution in [0.25, 0.3) is 0 Å². The molecule has 26 heavy (non-hydrogen) atoms. The molecule has 5 nitrogen and oxygen atoms in total. The van der Waals surface area contributed by atoms with Gasteiger partial charge in [0, 0.05) is 31.9 Å². The van der Waals surface area contributed by atoms with E-state index in [1.807, 2.05) is 12.1 Å². The van der Waals surface area contributed by atoms with E-state index in [1.54, 1.807) is 13.2 Å². The van der Waals surface area contributed by atoms with Crippen LogP contribution in [-0.2, 0) is 21.4 Å². The van der Waals surface area contributed by atoms with Gasteiger partial charge in [-0.05, 0) is 24.1 Å². The number of carbonyl (C=O) groups is 1. The maximum Gasteiger partial charge on any atom is 0.174 e. The summed E-state index contributed by atoms with van der Waals surface area (Å²) < 4.78 is 13.4. The summed E-state index contributed by atoms with van der Waals surface area (Å²) in [5.41, 5.74) is 1.30. The fraction of sp³-hybridized carbons (Fsp3) is 0.571. The highest BCUT2D eigenvalue weighted by Gasteiger charge is 2.77. The molecule has 2 bridgehead atoms. The number of hydrogen-bond donors (Lipinski definition) is 1. The summed E-state index contributed by atoms with van der Waals surface area (Å²) in [6, 6.07) is 3.96. The molecule has 5 atom stereocenters. The summed E-state index contributed by atoms with van der Waals surface area (Å²) in [5.74, 6) is 0.792. The largest absolute Gasteiger partial charge is 0.504 e. The van der Waals surface area contributed by atoms with Crippen LogP contribution in [-0.4, -0.2) is 60.4 Å². The van der Waals surface area contributed by atoms with Crippen molar-refractivity contribution in [1.82, 2.24) is 0 Å². The summed E-state index contributed by atoms with van der Waals surface area (Å²) >= 11 is 0. The Bertz CT molecular complexity index is 836. The first-order valence-corrected chi connectivity index (χ1v) is 9.48. The number of likely N-dealkylation sites (N-methyl/N-ethyl adjacent to an activating group) is 1. The first kappa shape index (κ1) is 16.3. The topological polar surface area (TPSA) is 55.8 Å². The van der Waals surface area contributed by atoms with Gasteiger partial charge in [-0.25, -0.2) is 0 Å². The van der Waals surface area contributed by atoms with Gasteiger partial charge >= 0.3 is 0 Å². The van der Waals surface area contributed by atoms with Gasteiger partial charge in [-0.3, -0.25) is 4.79 Å². The maximum absolute atomic E-state index is 12.9. The summed E-state index contributed by atoms with van der Waals surface area (Å²) in [6.07, 6.45) is 4.32. The molecule has 2 unspecified atom stereocenters. The van der Waals surface area contributed by atoms with E-state index in [0.717, 1.165) is 36.0 Å². The second-order valence-electron chi connectivity index (χ2n) is 8.62. The molecule has 2 heterocycles. The maximum atomic E-state index is 12.9. The van der Waals surface area contributed by atoms with Crippen molar-refractivity contribution < 1.29 is 23.9 Å². The molecule has 4 aliphatic rings. The highest BCUT2D eigenvalue weighted by molar-refractivity contribution is 5.90. The smallest absolute Gasteiger partial charge is 0.174 e. The number of methoxy groups -OCH3 is 1. The third kappa shape index (κ3) is 1.54. The molecule has 0 radical (unpaired) electrons. The van der Waals surface area contributed by atoms with E-state index in [1.165, 1.54) is 5.56 Å². The Kier molecular flexibility index (Phi) is 3.08. The summed E-state index contributed by atoms with van der Waals surface area (Å²) in [5, 5.41) is 10.4. The number of Topliss-reactive ketones (excluding diaryl/α,β-unsaturated/α-hetero) is 1. The van der Waals surface area contributed by atoms with Gasteiger partial charge in [0.2, 0.25) is 0 Å². The predicted octanol–water partition coefficient (Wildman–Crippen LogP) is 2.10. The zero-order valence-corrected chi connectivity index (χ0v) is 15.5. The predicted molar refractivity (Wildman–Crippen MR) is 96.4 cm³/mol. The molecular formula is C21H26NO4+. The number of likely N-dealkylation sites (tertiary alicyclic amines) is 1. The van der Waals surface area contributed by atoms with Crippen LogP contribution in [0.4, 0.5) is 0 Å². The van der Waals surface area contributed by atoms with Crippen molar-refractivity contribution in [3.63, 3.8) is 0 Å². The number of carbonyl (C=O) groups excluding carboxylic acids is 1. The molecule has 1 saturated heterocycles. The number of piperidine rings is 1. The van der Waals surface area contributed by atoms with E-state index in [9.17, 15) is 9.90 Å². The SMILES string of the molecule is C=CC[N@@+]1(C)CC[C@]23c4c5ccc(O)c4OC2C(=O)CC[C@@]3(OC)C1C5. The van der Waals surface area contributed by atoms with E-state index in [-0.39, 0.29) is 17.6 Å². The number of nitrogens with zero attached hydrogens (tertiary/aromatic N) is 1. The van der Waals surface area contributed by atoms with Crippen molar-refractivity contribution >= 4 is 5.78 Å². The number of aromatic hydroxyl groups is 1. The lowest BCUT2D eigenvalue weighted by atomic mass is 9.48. The van der Waals surface area contributed by atoms with E-state index < -0.39 is 17.1 Å². The van der Waals surface area contributed by atoms with Crippen molar-refractivity contribution in [3.05, 3.63) is 35.9 Å². The molecule has 1 spiro atoms. The number of ether oxygens (including phenoxy) is 2. The van der Waals surface area contributed by atoms with Gasteiger partial charge in [-0.15, -0.1) is 0 Å². The first-order chi connectivity index (χ1) is 12.4. The third-order valence-corrected chi connectivity index (χ3v) is 7.77. The van der Waals surface area contributed by atoms with Crippen molar-refractivity contribution in [2.45, 2.75) is 48.8 Å². The third-order valence-electron chi connectivity index (χ3n) is 7.77. The number of quaternary nitrogens is 1. The fourth-order valence-electron chi connectivity index (χ4n) is 6.73. The first-order valence-electron chi connectivity index (χ1n) is 9.48. The Hall–Kier alpha value is -1.85. The number of benzene rings is 1. The van der Waals surface area contributed by atoms with Gasteiger partial charge in [0.05, 0.1) is 25.6 Å². The van der Waals surface area contributed by atoms with Crippen molar-refractivity contribution in [3.8, 4) is 11.5 Å². The highest BCUT2D eigenvalue weighted by Crippen LogP contribution is 2.66. The zero-order valence-electron chi connectivity index (χ0n) is 15.5. The molecule has 1 N–H and O–H groups in total. The fourth-order valence-corrected chi connectivity index (χ4v) is 6.73. The molecular weight excluding hydrogens is 330 g/mol. The van der Waals surface area contributed by atoms with Gasteiger partial charge in [-0.2, -0.15) is 0 Å². The van der Waals surface area contributed by atoms with Crippen molar-refractivity contribution in [2.75, 3.05) is 27.2 Å². The van der Waals surface area contributed by atoms with Crippen LogP contribution in [0, 0.1) is 0 Å². The normalized spacial score (nSPS) is 42.2. The lowest BCUT2D eigenvalue weighted by Gasteiger charge is -2.65. The zero-order chi connectivity index (χ0) is 18.3. The minimum atomic E-state index is -0.543. The summed E-state index contributed by atoms with van der Waals surface area (Å²) in [7, 11) is 4.07. The number of hydrogen-bond acceptors (Lipinski definition) is 4. The molecule has 5 rings (SSSR count). The highest BCUT2D eigenvalue weighted by atomic mass is 16.5. The number of ketones is 1. The van der Waals surface area contributed by atoms with Crippen LogP contribution in [0.3, 0.4) is 0 Å². The van der Waals surface area contributed by atoms with Gasteiger partial charge in [0.25, 0.3) is 0 Å². The van der Waals surface area contributed by atoms with Gasteiger partial charge in [0.15, 0.2) is 23.4 Å². The van der Waals surface area contributed by atoms with E-state index >= 15 is 0 Å². The van der Waals surface area contributed by atoms with Crippen LogP contribution in [0.1, 0.15) is 30.4 Å². The molecule has 2 aliphatic carbocycles. The molecule has 0 aromatic heterocycles. The monoisotopic (exact) mass is 356 g/mol. The van der Waals surface area contributed by atoms with Gasteiger partial charge in [-0.1, -0.05) is 12.6 Å². The Morgan fingerprint density at radius 3 is 3.00 bits per heavy atom. The van der Waals surface area contributed by atoms with Gasteiger partial charge in [0.1, 0.15) is 11.6 Å². The molecule has 1 aromatic carbocycles. The lowest BCUT2D eigenvalue weighted by Crippen LogP contribution is -2.81. The molecule has 1 saturated carbocycles. The Labute approximate surface area is 153 Å². The number of phenols is 1. The van der Waals surface area contributed by atoms with Crippen molar-refractivity contribution in [2.24, 2.45) is 0 Å². The van der Waals surface area contributed by atoms with Crippen LogP contribution in [0.15, 0.2) is 24.8 Å². The molecule has 2 aliphatic heterocycles. The summed E-state index contributed by atoms with van der Waals surface area (Å²) in [4.78, 5) is 12.9. The van der Waals surface area contributed by atoms with Crippen LogP contribution in [0.2, 0.25) is 0 Å². The average Bonchev–Trinajstić information content (AvgIpc) is 2.99. The quantitative estimate of drug-likeness (QED) is 0.666. The average molecular weight is 356 g/mol. The second-order valence-corrected chi connectivity index (χ2v) is 8.62. The molecule has 5 heteroatoms. The Balaban J connectivity index is 1.84. The number of phenolic OH excluding ortho intramolecular Hbond substituents is 1. The molecule has 1 aromatic rings. The second kappa shape index (κ2) is 4.90. The van der Waals surface area contributed by atoms with Crippen LogP contribution < -0.4 is 4.74 Å². The standard InChI is InChI=1S/C21H25NO4/c1-4-10-22(2)11-9-20-17-13-5-6-14(23)18(17)26-19(20)15(24)7-8-21(20,25-3)16(22)12-13/h4-6,16,19H,1,7-12H2,2-3H3/p+1/t16?,19?,20-,21+,22-/m0/s1. The minimum Gasteiger partial charge on any atom is -0.504 e.